The zero-order chi connectivity index (χ0) is 13.7. The third kappa shape index (κ3) is 3.77. The molecule has 0 aliphatic rings. The Hall–Kier alpha value is -0.960. The zero-order valence-corrected chi connectivity index (χ0v) is 12.2. The van der Waals surface area contributed by atoms with Gasteiger partial charge in [0.25, 0.3) is 5.69 Å². The van der Waals surface area contributed by atoms with Crippen molar-refractivity contribution in [1.29, 1.82) is 0 Å². The van der Waals surface area contributed by atoms with E-state index in [0.717, 1.165) is 12.5 Å². The maximum Gasteiger partial charge on any atom is 0.293 e. The minimum Gasteiger partial charge on any atom is -0.383 e. The van der Waals surface area contributed by atoms with E-state index in [0.29, 0.717) is 6.61 Å². The summed E-state index contributed by atoms with van der Waals surface area (Å²) >= 11 is 1.73. The number of rotatable bonds is 6. The van der Waals surface area contributed by atoms with Gasteiger partial charge in [0.1, 0.15) is 11.5 Å². The third-order valence-electron chi connectivity index (χ3n) is 2.46. The number of nitro groups is 1. The molecule has 0 aliphatic heterocycles. The standard InChI is InChI=1S/C11H14FIN2O3/c1-3-7(6-18-2)14-10-4-8(12)9(13)5-11(10)15(16)17/h4-5,7,14H,3,6H2,1-2H3. The fraction of sp³-hybridized carbons (Fsp3) is 0.455. The van der Waals surface area contributed by atoms with E-state index in [1.807, 2.05) is 6.92 Å². The first-order valence-electron chi connectivity index (χ1n) is 5.38. The van der Waals surface area contributed by atoms with Crippen molar-refractivity contribution in [2.45, 2.75) is 19.4 Å². The number of anilines is 1. The van der Waals surface area contributed by atoms with E-state index in [1.165, 1.54) is 6.07 Å². The number of benzene rings is 1. The topological polar surface area (TPSA) is 64.4 Å². The van der Waals surface area contributed by atoms with Gasteiger partial charge >= 0.3 is 0 Å². The fourth-order valence-corrected chi connectivity index (χ4v) is 1.94. The highest BCUT2D eigenvalue weighted by Gasteiger charge is 2.19. The Kier molecular flexibility index (Phi) is 5.73. The summed E-state index contributed by atoms with van der Waals surface area (Å²) in [5.74, 6) is -0.476. The Morgan fingerprint density at radius 1 is 1.61 bits per heavy atom. The molecule has 5 nitrogen and oxygen atoms in total. The van der Waals surface area contributed by atoms with Crippen molar-refractivity contribution in [3.8, 4) is 0 Å². The predicted molar refractivity (Wildman–Crippen MR) is 75.3 cm³/mol. The Labute approximate surface area is 118 Å². The van der Waals surface area contributed by atoms with Crippen molar-refractivity contribution < 1.29 is 14.1 Å². The highest BCUT2D eigenvalue weighted by atomic mass is 127. The summed E-state index contributed by atoms with van der Waals surface area (Å²) in [6.45, 7) is 2.33. The first-order chi connectivity index (χ1) is 8.49. The number of nitrogens with one attached hydrogen (secondary N) is 1. The van der Waals surface area contributed by atoms with Gasteiger partial charge in [-0.15, -0.1) is 0 Å². The summed E-state index contributed by atoms with van der Waals surface area (Å²) in [6, 6.07) is 2.28. The third-order valence-corrected chi connectivity index (χ3v) is 3.28. The maximum absolute atomic E-state index is 13.5. The van der Waals surface area contributed by atoms with Crippen LogP contribution in [0.4, 0.5) is 15.8 Å². The van der Waals surface area contributed by atoms with Crippen LogP contribution in [0, 0.1) is 19.5 Å². The lowest BCUT2D eigenvalue weighted by atomic mass is 10.2. The second-order valence-electron chi connectivity index (χ2n) is 3.75. The van der Waals surface area contributed by atoms with E-state index in [2.05, 4.69) is 5.32 Å². The molecule has 0 heterocycles. The number of hydrogen-bond donors (Lipinski definition) is 1. The fourth-order valence-electron chi connectivity index (χ4n) is 1.49. The number of ether oxygens (including phenoxy) is 1. The van der Waals surface area contributed by atoms with Crippen molar-refractivity contribution in [3.63, 3.8) is 0 Å². The quantitative estimate of drug-likeness (QED) is 0.476. The Morgan fingerprint density at radius 3 is 2.78 bits per heavy atom. The van der Waals surface area contributed by atoms with Gasteiger partial charge in [-0.3, -0.25) is 10.1 Å². The molecule has 1 rings (SSSR count). The van der Waals surface area contributed by atoms with Gasteiger partial charge in [-0.1, -0.05) is 6.92 Å². The van der Waals surface area contributed by atoms with Crippen molar-refractivity contribution in [3.05, 3.63) is 31.6 Å². The monoisotopic (exact) mass is 368 g/mol. The highest BCUT2D eigenvalue weighted by Crippen LogP contribution is 2.29. The number of halogens is 2. The Bertz CT molecular complexity index is 443. The SMILES string of the molecule is CCC(COC)Nc1cc(F)c(I)cc1[N+](=O)[O-]. The van der Waals surface area contributed by atoms with Gasteiger partial charge in [0.15, 0.2) is 0 Å². The van der Waals surface area contributed by atoms with E-state index >= 15 is 0 Å². The molecule has 0 amide bonds. The molecular weight excluding hydrogens is 354 g/mol. The normalized spacial score (nSPS) is 12.2. The number of nitrogens with zero attached hydrogens (tertiary/aromatic N) is 1. The van der Waals surface area contributed by atoms with Crippen molar-refractivity contribution in [2.75, 3.05) is 19.0 Å². The highest BCUT2D eigenvalue weighted by molar-refractivity contribution is 14.1. The van der Waals surface area contributed by atoms with E-state index in [1.54, 1.807) is 29.7 Å². The summed E-state index contributed by atoms with van der Waals surface area (Å²) in [5.41, 5.74) is 0.0529. The maximum atomic E-state index is 13.5. The molecule has 1 N–H and O–H groups in total. The minimum atomic E-state index is -0.524. The lowest BCUT2D eigenvalue weighted by Crippen LogP contribution is -2.24. The molecule has 0 saturated carbocycles. The molecule has 0 fully saturated rings. The second-order valence-corrected chi connectivity index (χ2v) is 4.91. The van der Waals surface area contributed by atoms with E-state index in [9.17, 15) is 14.5 Å². The van der Waals surface area contributed by atoms with Crippen LogP contribution in [0.15, 0.2) is 12.1 Å². The van der Waals surface area contributed by atoms with E-state index in [-0.39, 0.29) is 21.0 Å². The lowest BCUT2D eigenvalue weighted by molar-refractivity contribution is -0.384. The second kappa shape index (κ2) is 6.83. The molecule has 1 aromatic carbocycles. The van der Waals surface area contributed by atoms with Gasteiger partial charge < -0.3 is 10.1 Å². The molecule has 18 heavy (non-hydrogen) atoms. The molecule has 0 aromatic heterocycles. The Balaban J connectivity index is 3.06. The largest absolute Gasteiger partial charge is 0.383 e. The molecule has 0 aliphatic carbocycles. The van der Waals surface area contributed by atoms with Crippen LogP contribution >= 0.6 is 22.6 Å². The first-order valence-corrected chi connectivity index (χ1v) is 6.46. The minimum absolute atomic E-state index is 0.0897. The molecule has 0 bridgehead atoms. The van der Waals surface area contributed by atoms with Crippen LogP contribution in [0.5, 0.6) is 0 Å². The summed E-state index contributed by atoms with van der Waals surface area (Å²) in [4.78, 5) is 10.4. The molecule has 1 atom stereocenters. The van der Waals surface area contributed by atoms with Crippen LogP contribution < -0.4 is 5.32 Å². The summed E-state index contributed by atoms with van der Waals surface area (Å²) in [6.07, 6.45) is 0.721. The van der Waals surface area contributed by atoms with Crippen LogP contribution in [0.1, 0.15) is 13.3 Å². The van der Waals surface area contributed by atoms with Crippen LogP contribution in [0.25, 0.3) is 0 Å². The summed E-state index contributed by atoms with van der Waals surface area (Å²) in [7, 11) is 1.55. The number of hydrogen-bond acceptors (Lipinski definition) is 4. The smallest absolute Gasteiger partial charge is 0.293 e. The van der Waals surface area contributed by atoms with Gasteiger partial charge in [0.2, 0.25) is 0 Å². The van der Waals surface area contributed by atoms with Gasteiger partial charge in [0.05, 0.1) is 15.1 Å². The average molecular weight is 368 g/mol. The summed E-state index contributed by atoms with van der Waals surface area (Å²) < 4.78 is 18.7. The van der Waals surface area contributed by atoms with Gasteiger partial charge in [-0.2, -0.15) is 0 Å². The van der Waals surface area contributed by atoms with Gasteiger partial charge in [0, 0.05) is 25.3 Å². The molecule has 0 spiro atoms. The van der Waals surface area contributed by atoms with Crippen LogP contribution in [-0.2, 0) is 4.74 Å². The molecular formula is C11H14FIN2O3. The van der Waals surface area contributed by atoms with Crippen molar-refractivity contribution in [1.82, 2.24) is 0 Å². The number of methoxy groups -OCH3 is 1. The predicted octanol–water partition coefficient (Wildman–Crippen LogP) is 3.18. The molecule has 0 saturated heterocycles. The van der Waals surface area contributed by atoms with Gasteiger partial charge in [-0.05, 0) is 29.0 Å². The van der Waals surface area contributed by atoms with E-state index in [4.69, 9.17) is 4.74 Å². The summed E-state index contributed by atoms with van der Waals surface area (Å²) in [5, 5.41) is 13.9. The van der Waals surface area contributed by atoms with Crippen LogP contribution in [0.2, 0.25) is 0 Å². The van der Waals surface area contributed by atoms with Crippen molar-refractivity contribution in [2.24, 2.45) is 0 Å². The molecule has 1 unspecified atom stereocenters. The lowest BCUT2D eigenvalue weighted by Gasteiger charge is -2.17. The van der Waals surface area contributed by atoms with Crippen LogP contribution in [0.3, 0.4) is 0 Å². The van der Waals surface area contributed by atoms with Crippen molar-refractivity contribution >= 4 is 34.0 Å². The average Bonchev–Trinajstić information content (AvgIpc) is 2.32. The number of nitro benzene ring substituents is 1. The molecule has 100 valence electrons. The first kappa shape index (κ1) is 15.1. The van der Waals surface area contributed by atoms with E-state index < -0.39 is 10.7 Å². The van der Waals surface area contributed by atoms with Crippen LogP contribution in [-0.4, -0.2) is 24.7 Å². The zero-order valence-electron chi connectivity index (χ0n) is 10.1. The Morgan fingerprint density at radius 2 is 2.28 bits per heavy atom. The molecule has 1 aromatic rings. The van der Waals surface area contributed by atoms with Gasteiger partial charge in [-0.25, -0.2) is 4.39 Å². The molecule has 7 heteroatoms. The molecule has 0 radical (unpaired) electrons.